The van der Waals surface area contributed by atoms with E-state index in [1.54, 1.807) is 0 Å². The van der Waals surface area contributed by atoms with Gasteiger partial charge < -0.3 is 0 Å². The van der Waals surface area contributed by atoms with Crippen LogP contribution in [0.25, 0.3) is 0 Å². The van der Waals surface area contributed by atoms with Crippen molar-refractivity contribution in [1.29, 1.82) is 0 Å². The lowest BCUT2D eigenvalue weighted by molar-refractivity contribution is 0.621. The molecule has 3 heteroatoms. The smallest absolute Gasteiger partial charge is 0.150 e. The van der Waals surface area contributed by atoms with E-state index in [0.29, 0.717) is 0 Å². The van der Waals surface area contributed by atoms with Crippen LogP contribution in [-0.4, -0.2) is 12.3 Å². The number of halogens is 1. The lowest BCUT2D eigenvalue weighted by Crippen LogP contribution is -2.16. The highest BCUT2D eigenvalue weighted by Crippen LogP contribution is 1.92. The third kappa shape index (κ3) is 1.35. The SMILES string of the molecule is C[B]c1cc(F)cnc1C. The molecule has 0 aliphatic heterocycles. The molecule has 1 nitrogen and oxygen atoms in total. The van der Waals surface area contributed by atoms with Crippen molar-refractivity contribution in [2.75, 3.05) is 0 Å². The molecule has 0 bridgehead atoms. The maximum Gasteiger partial charge on any atom is 0.150 e. The summed E-state index contributed by atoms with van der Waals surface area (Å²) in [5.41, 5.74) is 1.73. The summed E-state index contributed by atoms with van der Waals surface area (Å²) in [7, 11) is 1.84. The van der Waals surface area contributed by atoms with Crippen molar-refractivity contribution in [2.24, 2.45) is 0 Å². The van der Waals surface area contributed by atoms with Crippen molar-refractivity contribution in [2.45, 2.75) is 13.7 Å². The van der Waals surface area contributed by atoms with Crippen LogP contribution in [0, 0.1) is 12.7 Å². The van der Waals surface area contributed by atoms with Gasteiger partial charge in [-0.05, 0) is 13.0 Å². The van der Waals surface area contributed by atoms with E-state index < -0.39 is 0 Å². The van der Waals surface area contributed by atoms with Gasteiger partial charge in [0.15, 0.2) is 7.28 Å². The molecule has 1 radical (unpaired) electrons. The fourth-order valence-electron chi connectivity index (χ4n) is 0.816. The first-order valence-electron chi connectivity index (χ1n) is 3.15. The Kier molecular flexibility index (Phi) is 2.04. The molecule has 0 amide bonds. The number of aromatic nitrogens is 1. The van der Waals surface area contributed by atoms with Crippen molar-refractivity contribution >= 4 is 12.7 Å². The van der Waals surface area contributed by atoms with Crippen LogP contribution in [0.15, 0.2) is 12.3 Å². The summed E-state index contributed by atoms with van der Waals surface area (Å²) in [6, 6.07) is 1.47. The van der Waals surface area contributed by atoms with Crippen molar-refractivity contribution < 1.29 is 4.39 Å². The van der Waals surface area contributed by atoms with E-state index in [9.17, 15) is 4.39 Å². The van der Waals surface area contributed by atoms with Crippen molar-refractivity contribution in [3.8, 4) is 0 Å². The Morgan fingerprint density at radius 1 is 1.60 bits per heavy atom. The molecule has 1 heterocycles. The summed E-state index contributed by atoms with van der Waals surface area (Å²) in [6.07, 6.45) is 1.22. The van der Waals surface area contributed by atoms with Crippen molar-refractivity contribution in [3.05, 3.63) is 23.8 Å². The Hall–Kier alpha value is -0.855. The molecule has 51 valence electrons. The Morgan fingerprint density at radius 2 is 2.30 bits per heavy atom. The second kappa shape index (κ2) is 2.82. The van der Waals surface area contributed by atoms with E-state index in [2.05, 4.69) is 4.98 Å². The lowest BCUT2D eigenvalue weighted by atomic mass is 9.72. The minimum absolute atomic E-state index is 0.279. The predicted molar refractivity (Wildman–Crippen MR) is 40.2 cm³/mol. The molecular weight excluding hydrogens is 128 g/mol. The number of hydrogen-bond donors (Lipinski definition) is 0. The molecule has 0 aromatic carbocycles. The molecule has 10 heavy (non-hydrogen) atoms. The zero-order chi connectivity index (χ0) is 7.56. The quantitative estimate of drug-likeness (QED) is 0.522. The van der Waals surface area contributed by atoms with Gasteiger partial charge >= 0.3 is 0 Å². The first kappa shape index (κ1) is 7.25. The topological polar surface area (TPSA) is 12.9 Å². The maximum atomic E-state index is 12.5. The van der Waals surface area contributed by atoms with Gasteiger partial charge in [-0.1, -0.05) is 12.3 Å². The summed E-state index contributed by atoms with van der Waals surface area (Å²) in [5, 5.41) is 0. The highest BCUT2D eigenvalue weighted by atomic mass is 19.1. The Balaban J connectivity index is 3.09. The van der Waals surface area contributed by atoms with Crippen LogP contribution in [0.1, 0.15) is 5.69 Å². The summed E-state index contributed by atoms with van der Waals surface area (Å²) >= 11 is 0. The van der Waals surface area contributed by atoms with Crippen LogP contribution < -0.4 is 5.46 Å². The van der Waals surface area contributed by atoms with Crippen LogP contribution in [0.3, 0.4) is 0 Å². The van der Waals surface area contributed by atoms with Gasteiger partial charge in [-0.3, -0.25) is 4.98 Å². The highest BCUT2D eigenvalue weighted by Gasteiger charge is 1.98. The molecule has 0 saturated carbocycles. The van der Waals surface area contributed by atoms with Gasteiger partial charge in [0.25, 0.3) is 0 Å². The average Bonchev–Trinajstić information content (AvgIpc) is 1.94. The summed E-state index contributed by atoms with van der Waals surface area (Å²) in [5.74, 6) is -0.279. The van der Waals surface area contributed by atoms with E-state index in [0.717, 1.165) is 11.2 Å². The van der Waals surface area contributed by atoms with Crippen molar-refractivity contribution in [3.63, 3.8) is 0 Å². The van der Waals surface area contributed by atoms with Gasteiger partial charge in [-0.25, -0.2) is 4.39 Å². The Morgan fingerprint density at radius 3 is 2.80 bits per heavy atom. The van der Waals surface area contributed by atoms with Crippen LogP contribution in [-0.2, 0) is 0 Å². The second-order valence-electron chi connectivity index (χ2n) is 2.12. The second-order valence-corrected chi connectivity index (χ2v) is 2.12. The summed E-state index contributed by atoms with van der Waals surface area (Å²) < 4.78 is 12.5. The number of nitrogens with zero attached hydrogens (tertiary/aromatic N) is 1. The van der Waals surface area contributed by atoms with E-state index in [-0.39, 0.29) is 5.82 Å². The molecule has 1 rings (SSSR count). The van der Waals surface area contributed by atoms with E-state index in [1.807, 2.05) is 21.0 Å². The Bertz CT molecular complexity index is 237. The number of pyridine rings is 1. The zero-order valence-corrected chi connectivity index (χ0v) is 6.06. The van der Waals surface area contributed by atoms with Crippen LogP contribution in [0.4, 0.5) is 4.39 Å². The van der Waals surface area contributed by atoms with Gasteiger partial charge in [-0.2, -0.15) is 0 Å². The van der Waals surface area contributed by atoms with E-state index in [4.69, 9.17) is 0 Å². The minimum atomic E-state index is -0.279. The molecule has 0 N–H and O–H groups in total. The molecule has 0 saturated heterocycles. The molecule has 0 spiro atoms. The molecule has 0 fully saturated rings. The van der Waals surface area contributed by atoms with Gasteiger partial charge in [0, 0.05) is 5.69 Å². The number of rotatable bonds is 1. The number of aryl methyl sites for hydroxylation is 1. The third-order valence-corrected chi connectivity index (χ3v) is 1.40. The fourth-order valence-corrected chi connectivity index (χ4v) is 0.816. The van der Waals surface area contributed by atoms with Crippen LogP contribution in [0.5, 0.6) is 0 Å². The monoisotopic (exact) mass is 136 g/mol. The van der Waals surface area contributed by atoms with E-state index in [1.165, 1.54) is 12.3 Å². The normalized spacial score (nSPS) is 9.50. The van der Waals surface area contributed by atoms with E-state index >= 15 is 0 Å². The first-order valence-corrected chi connectivity index (χ1v) is 3.15. The largest absolute Gasteiger partial charge is 0.259 e. The number of hydrogen-bond acceptors (Lipinski definition) is 1. The molecule has 1 aromatic rings. The first-order chi connectivity index (χ1) is 4.74. The zero-order valence-electron chi connectivity index (χ0n) is 6.06. The predicted octanol–water partition coefficient (Wildman–Crippen LogP) is 0.907. The van der Waals surface area contributed by atoms with Gasteiger partial charge in [0.1, 0.15) is 5.82 Å². The molecular formula is C7H8BFN. The van der Waals surface area contributed by atoms with Gasteiger partial charge in [0.05, 0.1) is 6.20 Å². The van der Waals surface area contributed by atoms with Crippen molar-refractivity contribution in [1.82, 2.24) is 4.98 Å². The molecule has 1 aromatic heterocycles. The minimum Gasteiger partial charge on any atom is -0.259 e. The standard InChI is InChI=1S/C7H8BFN/c1-5-7(8-2)3-6(9)4-10-5/h3-4H,1-2H3. The summed E-state index contributed by atoms with van der Waals surface area (Å²) in [4.78, 5) is 3.84. The van der Waals surface area contributed by atoms with Gasteiger partial charge in [0.2, 0.25) is 0 Å². The molecule has 0 atom stereocenters. The summed E-state index contributed by atoms with van der Waals surface area (Å²) in [6.45, 7) is 3.72. The van der Waals surface area contributed by atoms with Crippen LogP contribution in [0.2, 0.25) is 6.82 Å². The lowest BCUT2D eigenvalue weighted by Gasteiger charge is -1.98. The maximum absolute atomic E-state index is 12.5. The molecule has 0 aliphatic carbocycles. The van der Waals surface area contributed by atoms with Crippen LogP contribution >= 0.6 is 0 Å². The molecule has 0 aliphatic rings. The average molecular weight is 136 g/mol. The molecule has 0 unspecified atom stereocenters. The Labute approximate surface area is 60.5 Å². The third-order valence-electron chi connectivity index (χ3n) is 1.40. The highest BCUT2D eigenvalue weighted by molar-refractivity contribution is 6.52. The fraction of sp³-hybridized carbons (Fsp3) is 0.286. The van der Waals surface area contributed by atoms with Gasteiger partial charge in [-0.15, -0.1) is 0 Å².